The molecule has 1 rings (SSSR count). The van der Waals surface area contributed by atoms with Gasteiger partial charge in [0.05, 0.1) is 0 Å². The topological polar surface area (TPSA) is 101 Å². The van der Waals surface area contributed by atoms with E-state index in [0.717, 1.165) is 11.8 Å². The Labute approximate surface area is 84.4 Å². The second-order valence-corrected chi connectivity index (χ2v) is 3.61. The Morgan fingerprint density at radius 3 is 1.86 bits per heavy atom. The van der Waals surface area contributed by atoms with Crippen LogP contribution in [-0.2, 0) is 0 Å². The molecule has 14 heavy (non-hydrogen) atoms. The van der Waals surface area contributed by atoms with E-state index in [2.05, 4.69) is 19.2 Å². The van der Waals surface area contributed by atoms with Crippen LogP contribution in [0.5, 0.6) is 0 Å². The van der Waals surface area contributed by atoms with Crippen LogP contribution in [-0.4, -0.2) is 34.9 Å². The monoisotopic (exact) mass is 207 g/mol. The lowest BCUT2D eigenvalue weighted by molar-refractivity contribution is 0.137. The summed E-state index contributed by atoms with van der Waals surface area (Å²) in [5, 5.41) is 17.3. The Hall–Kier alpha value is -0.810. The molecule has 0 spiro atoms. The van der Waals surface area contributed by atoms with Crippen LogP contribution in [0.3, 0.4) is 0 Å². The quantitative estimate of drug-likeness (QED) is 0.598. The van der Waals surface area contributed by atoms with Gasteiger partial charge < -0.3 is 21.0 Å². The summed E-state index contributed by atoms with van der Waals surface area (Å²) in [6.45, 7) is 7.14. The van der Waals surface area contributed by atoms with Gasteiger partial charge in [0, 0.05) is 0 Å². The molecule has 1 heterocycles. The third-order valence-corrected chi connectivity index (χ3v) is 2.33. The fourth-order valence-corrected chi connectivity index (χ4v) is 1.51. The molecule has 0 amide bonds. The van der Waals surface area contributed by atoms with E-state index in [-0.39, 0.29) is 5.48 Å². The molecule has 0 aliphatic carbocycles. The van der Waals surface area contributed by atoms with Gasteiger partial charge in [0.15, 0.2) is 0 Å². The Balaban J connectivity index is 0. The van der Waals surface area contributed by atoms with Gasteiger partial charge >= 0.3 is 6.16 Å². The maximum absolute atomic E-state index is 8.56. The van der Waals surface area contributed by atoms with Gasteiger partial charge in [-0.05, 0) is 37.8 Å². The highest BCUT2D eigenvalue weighted by Gasteiger charge is 2.15. The van der Waals surface area contributed by atoms with Crippen LogP contribution in [0.15, 0.2) is 0 Å². The molecule has 5 nitrogen and oxygen atoms in total. The van der Waals surface area contributed by atoms with E-state index in [1.165, 1.54) is 25.9 Å². The van der Waals surface area contributed by atoms with Crippen molar-refractivity contribution < 1.29 is 20.5 Å². The van der Waals surface area contributed by atoms with E-state index in [1.807, 2.05) is 0 Å². The number of piperidine rings is 1. The van der Waals surface area contributed by atoms with Crippen LogP contribution in [0.2, 0.25) is 0 Å². The zero-order chi connectivity index (χ0) is 10.3. The summed E-state index contributed by atoms with van der Waals surface area (Å²) in [5.41, 5.74) is 0. The van der Waals surface area contributed by atoms with Crippen molar-refractivity contribution >= 4 is 6.16 Å². The van der Waals surface area contributed by atoms with Gasteiger partial charge in [-0.1, -0.05) is 13.8 Å². The molecule has 5 heteroatoms. The first-order valence-electron chi connectivity index (χ1n) is 4.66. The lowest BCUT2D eigenvalue weighted by Gasteiger charge is -2.25. The number of nitrogens with one attached hydrogen (secondary N) is 1. The zero-order valence-corrected chi connectivity index (χ0v) is 8.79. The SMILES string of the molecule is CC(C)C1CCNCC1.O.O=C(O)O. The lowest BCUT2D eigenvalue weighted by Crippen LogP contribution is -2.29. The standard InChI is InChI=1S/C8H17N.CH2O3.H2O/c1-7(2)8-3-5-9-6-4-8;2-1(3)4;/h7-9H,3-6H2,1-2H3;(H2,2,3,4);1H2. The molecule has 1 aliphatic rings. The first-order valence-corrected chi connectivity index (χ1v) is 4.66. The first-order chi connectivity index (χ1) is 6.04. The summed E-state index contributed by atoms with van der Waals surface area (Å²) >= 11 is 0. The van der Waals surface area contributed by atoms with Crippen molar-refractivity contribution in [3.8, 4) is 0 Å². The molecule has 0 bridgehead atoms. The van der Waals surface area contributed by atoms with Crippen LogP contribution >= 0.6 is 0 Å². The Morgan fingerprint density at radius 2 is 1.64 bits per heavy atom. The van der Waals surface area contributed by atoms with Crippen molar-refractivity contribution in [2.75, 3.05) is 13.1 Å². The maximum Gasteiger partial charge on any atom is 0.503 e. The van der Waals surface area contributed by atoms with E-state index in [1.54, 1.807) is 0 Å². The highest BCUT2D eigenvalue weighted by molar-refractivity contribution is 5.53. The van der Waals surface area contributed by atoms with Gasteiger partial charge in [0.25, 0.3) is 0 Å². The molecule has 86 valence electrons. The molecule has 0 radical (unpaired) electrons. The molecule has 0 aromatic carbocycles. The minimum atomic E-state index is -1.83. The van der Waals surface area contributed by atoms with Crippen LogP contribution in [0, 0.1) is 11.8 Å². The van der Waals surface area contributed by atoms with Crippen LogP contribution in [0.1, 0.15) is 26.7 Å². The predicted octanol–water partition coefficient (Wildman–Crippen LogP) is 1.04. The number of carboxylic acid groups (broad SMARTS) is 2. The Morgan fingerprint density at radius 1 is 1.29 bits per heavy atom. The summed E-state index contributed by atoms with van der Waals surface area (Å²) in [6, 6.07) is 0. The van der Waals surface area contributed by atoms with Gasteiger partial charge in [0.2, 0.25) is 0 Å². The minimum absolute atomic E-state index is 0. The molecule has 0 unspecified atom stereocenters. The van der Waals surface area contributed by atoms with Crippen molar-refractivity contribution in [2.45, 2.75) is 26.7 Å². The zero-order valence-electron chi connectivity index (χ0n) is 8.79. The second kappa shape index (κ2) is 8.77. The number of rotatable bonds is 1. The van der Waals surface area contributed by atoms with Gasteiger partial charge in [-0.2, -0.15) is 0 Å². The van der Waals surface area contributed by atoms with Crippen molar-refractivity contribution in [3.05, 3.63) is 0 Å². The Bertz CT molecular complexity index is 140. The maximum atomic E-state index is 8.56. The fraction of sp³-hybridized carbons (Fsp3) is 0.889. The minimum Gasteiger partial charge on any atom is -0.450 e. The molecule has 1 saturated heterocycles. The smallest absolute Gasteiger partial charge is 0.450 e. The fourth-order valence-electron chi connectivity index (χ4n) is 1.51. The summed E-state index contributed by atoms with van der Waals surface area (Å²) < 4.78 is 0. The molecule has 1 aliphatic heterocycles. The molecule has 1 fully saturated rings. The highest BCUT2D eigenvalue weighted by Crippen LogP contribution is 2.20. The Kier molecular flexibility index (Phi) is 9.81. The number of carbonyl (C=O) groups is 1. The molecule has 0 aromatic rings. The van der Waals surface area contributed by atoms with Crippen molar-refractivity contribution in [2.24, 2.45) is 11.8 Å². The normalized spacial score (nSPS) is 16.5. The van der Waals surface area contributed by atoms with Gasteiger partial charge in [-0.15, -0.1) is 0 Å². The van der Waals surface area contributed by atoms with Crippen molar-refractivity contribution in [1.82, 2.24) is 5.32 Å². The number of hydrogen-bond acceptors (Lipinski definition) is 2. The van der Waals surface area contributed by atoms with E-state index >= 15 is 0 Å². The van der Waals surface area contributed by atoms with Gasteiger partial charge in [-0.3, -0.25) is 0 Å². The average Bonchev–Trinajstić information content (AvgIpc) is 2.05. The second-order valence-electron chi connectivity index (χ2n) is 3.61. The number of hydrogen-bond donors (Lipinski definition) is 3. The molecule has 0 aromatic heterocycles. The molecule has 0 saturated carbocycles. The molecular weight excluding hydrogens is 186 g/mol. The third kappa shape index (κ3) is 9.28. The van der Waals surface area contributed by atoms with Gasteiger partial charge in [0.1, 0.15) is 0 Å². The van der Waals surface area contributed by atoms with Crippen molar-refractivity contribution in [3.63, 3.8) is 0 Å². The highest BCUT2D eigenvalue weighted by atomic mass is 16.6. The summed E-state index contributed by atoms with van der Waals surface area (Å²) in [7, 11) is 0. The van der Waals surface area contributed by atoms with Crippen LogP contribution in [0.4, 0.5) is 4.79 Å². The van der Waals surface area contributed by atoms with E-state index < -0.39 is 6.16 Å². The molecule has 0 atom stereocenters. The van der Waals surface area contributed by atoms with Gasteiger partial charge in [-0.25, -0.2) is 4.79 Å². The largest absolute Gasteiger partial charge is 0.503 e. The van der Waals surface area contributed by atoms with Crippen LogP contribution in [0.25, 0.3) is 0 Å². The average molecular weight is 207 g/mol. The molecule has 5 N–H and O–H groups in total. The van der Waals surface area contributed by atoms with Crippen LogP contribution < -0.4 is 5.32 Å². The van der Waals surface area contributed by atoms with Crippen molar-refractivity contribution in [1.29, 1.82) is 0 Å². The summed E-state index contributed by atoms with van der Waals surface area (Å²) in [4.78, 5) is 8.56. The predicted molar refractivity (Wildman–Crippen MR) is 54.7 cm³/mol. The first kappa shape index (κ1) is 15.7. The summed E-state index contributed by atoms with van der Waals surface area (Å²) in [5.74, 6) is 1.89. The lowest BCUT2D eigenvalue weighted by atomic mass is 9.87. The third-order valence-electron chi connectivity index (χ3n) is 2.33. The van der Waals surface area contributed by atoms with E-state index in [9.17, 15) is 0 Å². The summed E-state index contributed by atoms with van der Waals surface area (Å²) in [6.07, 6.45) is 0.940. The van der Waals surface area contributed by atoms with E-state index in [0.29, 0.717) is 0 Å². The molecular formula is C9H21NO4. The van der Waals surface area contributed by atoms with E-state index in [4.69, 9.17) is 15.0 Å².